The van der Waals surface area contributed by atoms with Crippen molar-refractivity contribution in [2.45, 2.75) is 0 Å². The second kappa shape index (κ2) is 7.87. The van der Waals surface area contributed by atoms with Gasteiger partial charge in [-0.25, -0.2) is 4.42 Å². The number of rotatable bonds is 3. The predicted molar refractivity (Wildman–Crippen MR) is 89.3 cm³/mol. The van der Waals surface area contributed by atoms with Gasteiger partial charge in [0.25, 0.3) is 0 Å². The molecular formula is C17H15BF4O3. The third-order valence-electron chi connectivity index (χ3n) is 3.25. The zero-order chi connectivity index (χ0) is 18.4. The van der Waals surface area contributed by atoms with E-state index in [2.05, 4.69) is 0 Å². The highest BCUT2D eigenvalue weighted by molar-refractivity contribution is 6.50. The Morgan fingerprint density at radius 2 is 1.32 bits per heavy atom. The Bertz CT molecular complexity index is 832. The molecule has 3 aromatic rings. The third kappa shape index (κ3) is 5.37. The molecular weight excluding hydrogens is 339 g/mol. The molecule has 0 bridgehead atoms. The van der Waals surface area contributed by atoms with Crippen LogP contribution in [0.2, 0.25) is 0 Å². The molecule has 8 heteroatoms. The maximum Gasteiger partial charge on any atom is 0.673 e. The highest BCUT2D eigenvalue weighted by atomic mass is 19.5. The van der Waals surface area contributed by atoms with E-state index < -0.39 is 7.25 Å². The maximum absolute atomic E-state index is 9.75. The first-order chi connectivity index (χ1) is 11.8. The second-order valence-corrected chi connectivity index (χ2v) is 4.94. The minimum atomic E-state index is -6.00. The molecule has 0 radical (unpaired) electrons. The zero-order valence-electron chi connectivity index (χ0n) is 13.5. The van der Waals surface area contributed by atoms with Gasteiger partial charge in [0.1, 0.15) is 0 Å². The van der Waals surface area contributed by atoms with Crippen LogP contribution in [0.5, 0.6) is 11.5 Å². The van der Waals surface area contributed by atoms with Crippen LogP contribution in [0.15, 0.2) is 59.2 Å². The van der Waals surface area contributed by atoms with Gasteiger partial charge < -0.3 is 26.7 Å². The van der Waals surface area contributed by atoms with Crippen molar-refractivity contribution in [3.63, 3.8) is 0 Å². The minimum Gasteiger partial charge on any atom is -0.493 e. The summed E-state index contributed by atoms with van der Waals surface area (Å²) in [6.45, 7) is 0. The van der Waals surface area contributed by atoms with E-state index >= 15 is 0 Å². The molecule has 0 aliphatic rings. The molecule has 0 atom stereocenters. The quantitative estimate of drug-likeness (QED) is 0.343. The first-order valence-corrected chi connectivity index (χ1v) is 7.22. The highest BCUT2D eigenvalue weighted by Crippen LogP contribution is 2.34. The van der Waals surface area contributed by atoms with Crippen molar-refractivity contribution in [1.82, 2.24) is 0 Å². The molecule has 1 heterocycles. The Morgan fingerprint density at radius 3 is 1.84 bits per heavy atom. The number of fused-ring (bicyclic) bond motifs is 1. The van der Waals surface area contributed by atoms with E-state index in [0.29, 0.717) is 11.5 Å². The molecule has 0 fully saturated rings. The summed E-state index contributed by atoms with van der Waals surface area (Å²) in [5.41, 5.74) is 1.05. The van der Waals surface area contributed by atoms with Gasteiger partial charge in [-0.2, -0.15) is 0 Å². The van der Waals surface area contributed by atoms with E-state index in [4.69, 9.17) is 13.9 Å². The van der Waals surface area contributed by atoms with Crippen molar-refractivity contribution in [3.8, 4) is 22.8 Å². The van der Waals surface area contributed by atoms with E-state index in [-0.39, 0.29) is 0 Å². The zero-order valence-corrected chi connectivity index (χ0v) is 13.5. The molecule has 0 unspecified atom stereocenters. The summed E-state index contributed by atoms with van der Waals surface area (Å²) in [6.07, 6.45) is 1.74. The third-order valence-corrected chi connectivity index (χ3v) is 3.25. The van der Waals surface area contributed by atoms with E-state index in [9.17, 15) is 17.3 Å². The Labute approximate surface area is 141 Å². The Kier molecular flexibility index (Phi) is 5.85. The Hall–Kier alpha value is -2.77. The molecule has 0 saturated carbocycles. The fraction of sp³-hybridized carbons (Fsp3) is 0.118. The summed E-state index contributed by atoms with van der Waals surface area (Å²) in [7, 11) is -2.74. The van der Waals surface area contributed by atoms with Crippen LogP contribution in [0, 0.1) is 0 Å². The van der Waals surface area contributed by atoms with Crippen molar-refractivity contribution in [2.75, 3.05) is 14.2 Å². The lowest BCUT2D eigenvalue weighted by Gasteiger charge is -2.07. The van der Waals surface area contributed by atoms with Crippen LogP contribution in [0.4, 0.5) is 17.3 Å². The lowest BCUT2D eigenvalue weighted by molar-refractivity contribution is 0.355. The van der Waals surface area contributed by atoms with E-state index in [1.807, 2.05) is 48.5 Å². The lowest BCUT2D eigenvalue weighted by Crippen LogP contribution is -2.02. The summed E-state index contributed by atoms with van der Waals surface area (Å²) in [5.74, 6) is 2.23. The van der Waals surface area contributed by atoms with Gasteiger partial charge in [0.05, 0.1) is 31.2 Å². The van der Waals surface area contributed by atoms with Crippen LogP contribution in [0.3, 0.4) is 0 Å². The number of ether oxygens (including phenoxy) is 2. The SMILES string of the molecule is COc1cc2c[o+]c(-c3ccccc3)cc2cc1OC.F[B-](F)(F)F. The van der Waals surface area contributed by atoms with Gasteiger partial charge in [0.2, 0.25) is 0 Å². The Balaban J connectivity index is 0.000000399. The first kappa shape index (κ1) is 18.6. The summed E-state index contributed by atoms with van der Waals surface area (Å²) >= 11 is 0. The smallest absolute Gasteiger partial charge is 0.493 e. The molecule has 0 spiro atoms. The number of hydrogen-bond acceptors (Lipinski definition) is 2. The van der Waals surface area contributed by atoms with Crippen LogP contribution < -0.4 is 9.47 Å². The molecule has 132 valence electrons. The molecule has 0 saturated heterocycles. The summed E-state index contributed by atoms with van der Waals surface area (Å²) in [6, 6.07) is 15.9. The number of methoxy groups -OCH3 is 2. The van der Waals surface area contributed by atoms with Gasteiger partial charge in [0.15, 0.2) is 11.5 Å². The fourth-order valence-corrected chi connectivity index (χ4v) is 2.19. The molecule has 0 aliphatic carbocycles. The monoisotopic (exact) mass is 354 g/mol. The van der Waals surface area contributed by atoms with Crippen molar-refractivity contribution in [2.24, 2.45) is 0 Å². The van der Waals surface area contributed by atoms with Gasteiger partial charge in [-0.3, -0.25) is 0 Å². The van der Waals surface area contributed by atoms with Crippen LogP contribution in [-0.2, 0) is 0 Å². The minimum absolute atomic E-state index is 0.697. The highest BCUT2D eigenvalue weighted by Gasteiger charge is 2.20. The molecule has 0 amide bonds. The summed E-state index contributed by atoms with van der Waals surface area (Å²) < 4.78 is 55.3. The molecule has 2 aromatic carbocycles. The molecule has 3 rings (SSSR count). The van der Waals surface area contributed by atoms with Crippen molar-refractivity contribution < 1.29 is 31.2 Å². The van der Waals surface area contributed by atoms with Crippen LogP contribution in [0.1, 0.15) is 0 Å². The predicted octanol–water partition coefficient (Wildman–Crippen LogP) is 5.70. The van der Waals surface area contributed by atoms with E-state index in [0.717, 1.165) is 22.1 Å². The van der Waals surface area contributed by atoms with Gasteiger partial charge in [-0.1, -0.05) is 18.2 Å². The normalized spacial score (nSPS) is 10.8. The summed E-state index contributed by atoms with van der Waals surface area (Å²) in [4.78, 5) is 0. The van der Waals surface area contributed by atoms with Gasteiger partial charge >= 0.3 is 19.3 Å². The van der Waals surface area contributed by atoms with Crippen LogP contribution in [0.25, 0.3) is 22.1 Å². The van der Waals surface area contributed by atoms with Crippen LogP contribution >= 0.6 is 0 Å². The second-order valence-electron chi connectivity index (χ2n) is 4.94. The number of benzene rings is 2. The molecule has 1 aromatic heterocycles. The van der Waals surface area contributed by atoms with Crippen molar-refractivity contribution in [3.05, 3.63) is 54.8 Å². The Morgan fingerprint density at radius 1 is 0.800 bits per heavy atom. The fourth-order valence-electron chi connectivity index (χ4n) is 2.19. The van der Waals surface area contributed by atoms with E-state index in [1.54, 1.807) is 20.5 Å². The van der Waals surface area contributed by atoms with E-state index in [1.165, 1.54) is 0 Å². The largest absolute Gasteiger partial charge is 0.673 e. The topological polar surface area (TPSA) is 29.8 Å². The van der Waals surface area contributed by atoms with Crippen LogP contribution in [-0.4, -0.2) is 21.5 Å². The number of hydrogen-bond donors (Lipinski definition) is 0. The van der Waals surface area contributed by atoms with Gasteiger partial charge in [0, 0.05) is 11.5 Å². The maximum atomic E-state index is 9.75. The molecule has 25 heavy (non-hydrogen) atoms. The van der Waals surface area contributed by atoms with Gasteiger partial charge in [-0.05, 0) is 18.2 Å². The average molecular weight is 354 g/mol. The van der Waals surface area contributed by atoms with Crippen molar-refractivity contribution in [1.29, 1.82) is 0 Å². The average Bonchev–Trinajstić information content (AvgIpc) is 2.59. The first-order valence-electron chi connectivity index (χ1n) is 7.22. The summed E-state index contributed by atoms with van der Waals surface area (Å²) in [5, 5.41) is 2.02. The lowest BCUT2D eigenvalue weighted by atomic mass is 10.1. The van der Waals surface area contributed by atoms with Crippen molar-refractivity contribution >= 4 is 18.0 Å². The number of halogens is 4. The van der Waals surface area contributed by atoms with Gasteiger partial charge in [-0.15, -0.1) is 0 Å². The standard InChI is InChI=1S/C17H15O3.BF4/c1-18-16-9-13-8-15(12-6-4-3-5-7-12)20-11-14(13)10-17(16)19-2;2-1(3,4)5/h3-11H,1-2H3;/q+1;-1. The molecule has 3 nitrogen and oxygen atoms in total. The molecule has 0 N–H and O–H groups in total. The molecule has 0 aliphatic heterocycles.